The third kappa shape index (κ3) is 1.44. The van der Waals surface area contributed by atoms with Gasteiger partial charge in [-0.2, -0.15) is 0 Å². The second kappa shape index (κ2) is 3.41. The van der Waals surface area contributed by atoms with E-state index in [0.29, 0.717) is 0 Å². The largest absolute Gasteiger partial charge is 0.420 e. The number of aryl methyl sites for hydroxylation is 1. The second-order valence-corrected chi connectivity index (χ2v) is 3.47. The van der Waals surface area contributed by atoms with Gasteiger partial charge in [-0.15, -0.1) is 0 Å². The first-order chi connectivity index (χ1) is 7.50. The molecule has 6 nitrogen and oxygen atoms in total. The lowest BCUT2D eigenvalue weighted by molar-refractivity contribution is -0.493. The SMILES string of the molecule is Cc1ccc2c(c1)OC(=O)[C@@H]([N+](=O)[O-])C2=O. The molecule has 1 aromatic rings. The number of carbonyl (C=O) groups excluding carboxylic acids is 2. The fourth-order valence-electron chi connectivity index (χ4n) is 1.52. The molecule has 0 bridgehead atoms. The highest BCUT2D eigenvalue weighted by Gasteiger charge is 2.45. The van der Waals surface area contributed by atoms with Crippen LogP contribution in [0.3, 0.4) is 0 Å². The van der Waals surface area contributed by atoms with Gasteiger partial charge in [0.25, 0.3) is 5.78 Å². The van der Waals surface area contributed by atoms with Crippen molar-refractivity contribution in [2.24, 2.45) is 0 Å². The highest BCUT2D eigenvalue weighted by molar-refractivity contribution is 6.15. The minimum atomic E-state index is -1.93. The number of esters is 1. The number of hydrogen-bond acceptors (Lipinski definition) is 5. The maximum absolute atomic E-state index is 11.6. The Balaban J connectivity index is 2.53. The van der Waals surface area contributed by atoms with E-state index in [1.807, 2.05) is 0 Å². The monoisotopic (exact) mass is 221 g/mol. The molecule has 16 heavy (non-hydrogen) atoms. The van der Waals surface area contributed by atoms with Gasteiger partial charge in [0.15, 0.2) is 0 Å². The Kier molecular flexibility index (Phi) is 2.19. The Hall–Kier alpha value is -2.24. The lowest BCUT2D eigenvalue weighted by Crippen LogP contribution is -2.43. The van der Waals surface area contributed by atoms with Crippen molar-refractivity contribution >= 4 is 11.8 Å². The highest BCUT2D eigenvalue weighted by atomic mass is 16.6. The van der Waals surface area contributed by atoms with Crippen LogP contribution < -0.4 is 4.74 Å². The Morgan fingerprint density at radius 3 is 2.69 bits per heavy atom. The standard InChI is InChI=1S/C10H7NO5/c1-5-2-3-6-7(4-5)16-10(13)8(9(6)12)11(14)15/h2-4,8H,1H3/t8-/m0/s1. The van der Waals surface area contributed by atoms with E-state index in [4.69, 9.17) is 4.74 Å². The van der Waals surface area contributed by atoms with E-state index in [9.17, 15) is 19.7 Å². The summed E-state index contributed by atoms with van der Waals surface area (Å²) in [5.74, 6) is -1.86. The van der Waals surface area contributed by atoms with Crippen molar-refractivity contribution in [3.05, 3.63) is 39.4 Å². The zero-order valence-corrected chi connectivity index (χ0v) is 8.30. The molecule has 0 radical (unpaired) electrons. The van der Waals surface area contributed by atoms with Crippen LogP contribution in [0.15, 0.2) is 18.2 Å². The number of nitro groups is 1. The molecule has 0 aliphatic carbocycles. The summed E-state index contributed by atoms with van der Waals surface area (Å²) in [5.41, 5.74) is 0.880. The van der Waals surface area contributed by atoms with Crippen LogP contribution in [0.2, 0.25) is 0 Å². The van der Waals surface area contributed by atoms with Gasteiger partial charge in [0.2, 0.25) is 0 Å². The minimum Gasteiger partial charge on any atom is -0.420 e. The minimum absolute atomic E-state index is 0.0758. The van der Waals surface area contributed by atoms with E-state index in [2.05, 4.69) is 0 Å². The van der Waals surface area contributed by atoms with Crippen LogP contribution in [0.25, 0.3) is 0 Å². The van der Waals surface area contributed by atoms with Crippen LogP contribution in [0.4, 0.5) is 0 Å². The average Bonchev–Trinajstić information content (AvgIpc) is 2.15. The third-order valence-corrected chi connectivity index (χ3v) is 2.30. The molecule has 0 fully saturated rings. The van der Waals surface area contributed by atoms with E-state index in [1.165, 1.54) is 12.1 Å². The summed E-state index contributed by atoms with van der Waals surface area (Å²) in [6.45, 7) is 1.76. The normalized spacial score (nSPS) is 18.9. The zero-order valence-electron chi connectivity index (χ0n) is 8.30. The molecule has 0 N–H and O–H groups in total. The molecule has 0 spiro atoms. The van der Waals surface area contributed by atoms with E-state index < -0.39 is 22.7 Å². The molecule has 1 aromatic carbocycles. The van der Waals surface area contributed by atoms with Gasteiger partial charge in [-0.3, -0.25) is 14.9 Å². The quantitative estimate of drug-likeness (QED) is 0.229. The molecule has 0 amide bonds. The number of hydrogen-bond donors (Lipinski definition) is 0. The molecule has 1 heterocycles. The van der Waals surface area contributed by atoms with Gasteiger partial charge in [0, 0.05) is 4.92 Å². The molecule has 1 aliphatic rings. The van der Waals surface area contributed by atoms with Crippen molar-refractivity contribution < 1.29 is 19.2 Å². The van der Waals surface area contributed by atoms with Gasteiger partial charge in [-0.25, -0.2) is 4.79 Å². The number of ether oxygens (including phenoxy) is 1. The predicted octanol–water partition coefficient (Wildman–Crippen LogP) is 0.742. The summed E-state index contributed by atoms with van der Waals surface area (Å²) in [4.78, 5) is 32.5. The third-order valence-electron chi connectivity index (χ3n) is 2.30. The van der Waals surface area contributed by atoms with E-state index in [1.54, 1.807) is 13.0 Å². The highest BCUT2D eigenvalue weighted by Crippen LogP contribution is 2.27. The van der Waals surface area contributed by atoms with Crippen molar-refractivity contribution in [3.63, 3.8) is 0 Å². The molecule has 0 saturated heterocycles. The summed E-state index contributed by atoms with van der Waals surface area (Å²) in [5, 5.41) is 10.5. The number of fused-ring (bicyclic) bond motifs is 1. The maximum atomic E-state index is 11.6. The molecule has 0 saturated carbocycles. The summed E-state index contributed by atoms with van der Waals surface area (Å²) in [6, 6.07) is 2.62. The smallest absolute Gasteiger partial charge is 0.395 e. The van der Waals surface area contributed by atoms with Crippen LogP contribution in [-0.4, -0.2) is 22.7 Å². The number of benzene rings is 1. The maximum Gasteiger partial charge on any atom is 0.395 e. The van der Waals surface area contributed by atoms with Crippen LogP contribution in [0.1, 0.15) is 15.9 Å². The van der Waals surface area contributed by atoms with Gasteiger partial charge in [0.05, 0.1) is 5.56 Å². The number of carbonyl (C=O) groups is 2. The molecule has 2 rings (SSSR count). The first-order valence-corrected chi connectivity index (χ1v) is 4.51. The Morgan fingerprint density at radius 1 is 1.38 bits per heavy atom. The Bertz CT molecular complexity index is 508. The molecule has 82 valence electrons. The lowest BCUT2D eigenvalue weighted by Gasteiger charge is -2.17. The first kappa shape index (κ1) is 10.3. The van der Waals surface area contributed by atoms with Crippen molar-refractivity contribution in [3.8, 4) is 5.75 Å². The van der Waals surface area contributed by atoms with Gasteiger partial charge in [-0.05, 0) is 24.6 Å². The Labute approximate surface area is 90.0 Å². The number of ketones is 1. The van der Waals surface area contributed by atoms with Gasteiger partial charge >= 0.3 is 12.0 Å². The number of nitrogens with zero attached hydrogens (tertiary/aromatic N) is 1. The fraction of sp³-hybridized carbons (Fsp3) is 0.200. The number of Topliss-reactive ketones (excluding diaryl/α,β-unsaturated/α-hetero) is 1. The van der Waals surface area contributed by atoms with Crippen molar-refractivity contribution in [2.45, 2.75) is 13.0 Å². The summed E-state index contributed by atoms with van der Waals surface area (Å²) in [7, 11) is 0. The summed E-state index contributed by atoms with van der Waals surface area (Å²) < 4.78 is 4.76. The number of rotatable bonds is 1. The topological polar surface area (TPSA) is 86.5 Å². The molecule has 0 unspecified atom stereocenters. The second-order valence-electron chi connectivity index (χ2n) is 3.47. The lowest BCUT2D eigenvalue weighted by atomic mass is 9.99. The Morgan fingerprint density at radius 2 is 2.06 bits per heavy atom. The van der Waals surface area contributed by atoms with Crippen LogP contribution >= 0.6 is 0 Å². The average molecular weight is 221 g/mol. The van der Waals surface area contributed by atoms with Crippen LogP contribution in [0.5, 0.6) is 5.75 Å². The summed E-state index contributed by atoms with van der Waals surface area (Å²) >= 11 is 0. The van der Waals surface area contributed by atoms with E-state index >= 15 is 0 Å². The van der Waals surface area contributed by atoms with Gasteiger partial charge < -0.3 is 4.74 Å². The molecular weight excluding hydrogens is 214 g/mol. The molecular formula is C10H7NO5. The van der Waals surface area contributed by atoms with Gasteiger partial charge in [0.1, 0.15) is 5.75 Å². The van der Waals surface area contributed by atoms with Gasteiger partial charge in [-0.1, -0.05) is 6.07 Å². The van der Waals surface area contributed by atoms with Crippen molar-refractivity contribution in [2.75, 3.05) is 0 Å². The predicted molar refractivity (Wildman–Crippen MR) is 51.9 cm³/mol. The van der Waals surface area contributed by atoms with E-state index in [0.717, 1.165) is 5.56 Å². The zero-order chi connectivity index (χ0) is 11.9. The molecule has 0 aromatic heterocycles. The van der Waals surface area contributed by atoms with Crippen molar-refractivity contribution in [1.29, 1.82) is 0 Å². The first-order valence-electron chi connectivity index (χ1n) is 4.51. The van der Waals surface area contributed by atoms with Crippen LogP contribution in [0, 0.1) is 17.0 Å². The van der Waals surface area contributed by atoms with E-state index in [-0.39, 0.29) is 11.3 Å². The molecule has 6 heteroatoms. The molecule has 1 atom stereocenters. The molecule has 1 aliphatic heterocycles. The summed E-state index contributed by atoms with van der Waals surface area (Å²) in [6.07, 6.45) is 0. The van der Waals surface area contributed by atoms with Crippen molar-refractivity contribution in [1.82, 2.24) is 0 Å². The fourth-order valence-corrected chi connectivity index (χ4v) is 1.52. The van der Waals surface area contributed by atoms with Crippen LogP contribution in [-0.2, 0) is 4.79 Å².